The molecular weight excluding hydrogens is 368 g/mol. The molecular formula is C16H10BrClN2S. The molecule has 1 aliphatic heterocycles. The predicted molar refractivity (Wildman–Crippen MR) is 91.3 cm³/mol. The number of hydrogen-bond acceptors (Lipinski definition) is 2. The van der Waals surface area contributed by atoms with Crippen LogP contribution in [0.5, 0.6) is 0 Å². The van der Waals surface area contributed by atoms with E-state index in [1.54, 1.807) is 0 Å². The average Bonchev–Trinajstić information content (AvgIpc) is 2.86. The van der Waals surface area contributed by atoms with E-state index in [0.29, 0.717) is 0 Å². The Bertz CT molecular complexity index is 827. The van der Waals surface area contributed by atoms with Gasteiger partial charge in [-0.2, -0.15) is 0 Å². The van der Waals surface area contributed by atoms with E-state index in [4.69, 9.17) is 16.6 Å². The maximum absolute atomic E-state index is 5.97. The normalized spacial score (nSPS) is 12.9. The Balaban J connectivity index is 1.91. The Hall–Kier alpha value is -1.23. The minimum atomic E-state index is 0.736. The molecule has 2 aromatic carbocycles. The largest absolute Gasteiger partial charge is 0.288 e. The van der Waals surface area contributed by atoms with Gasteiger partial charge in [0.2, 0.25) is 0 Å². The molecule has 1 aliphatic rings. The van der Waals surface area contributed by atoms with Gasteiger partial charge in [-0.3, -0.25) is 4.57 Å². The lowest BCUT2D eigenvalue weighted by atomic mass is 10.2. The zero-order valence-corrected chi connectivity index (χ0v) is 14.0. The molecule has 21 heavy (non-hydrogen) atoms. The zero-order valence-electron chi connectivity index (χ0n) is 10.9. The first-order valence-corrected chi connectivity index (χ1v) is 8.65. The Morgan fingerprint density at radius 2 is 1.86 bits per heavy atom. The molecule has 0 spiro atoms. The fourth-order valence-corrected chi connectivity index (χ4v) is 4.28. The molecule has 3 aromatic rings. The summed E-state index contributed by atoms with van der Waals surface area (Å²) in [6, 6.07) is 16.2. The molecule has 5 heteroatoms. The molecule has 2 nitrogen and oxygen atoms in total. The summed E-state index contributed by atoms with van der Waals surface area (Å²) in [5.74, 6) is 1.94. The number of halogens is 2. The molecule has 0 radical (unpaired) electrons. The van der Waals surface area contributed by atoms with Crippen molar-refractivity contribution in [2.24, 2.45) is 0 Å². The van der Waals surface area contributed by atoms with Crippen LogP contribution in [0.3, 0.4) is 0 Å². The molecule has 0 atom stereocenters. The smallest absolute Gasteiger partial charge is 0.125 e. The third-order valence-electron chi connectivity index (χ3n) is 3.47. The number of hydrogen-bond donors (Lipinski definition) is 0. The van der Waals surface area contributed by atoms with Crippen molar-refractivity contribution in [1.82, 2.24) is 9.55 Å². The van der Waals surface area contributed by atoms with Gasteiger partial charge >= 0.3 is 0 Å². The number of para-hydroxylation sites is 1. The van der Waals surface area contributed by atoms with E-state index < -0.39 is 0 Å². The van der Waals surface area contributed by atoms with Crippen molar-refractivity contribution in [3.63, 3.8) is 0 Å². The molecule has 0 aliphatic carbocycles. The van der Waals surface area contributed by atoms with E-state index in [0.717, 1.165) is 32.5 Å². The molecule has 0 N–H and O–H groups in total. The third kappa shape index (κ3) is 2.22. The van der Waals surface area contributed by atoms with Crippen LogP contribution < -0.4 is 0 Å². The van der Waals surface area contributed by atoms with Crippen LogP contribution in [0, 0.1) is 0 Å². The van der Waals surface area contributed by atoms with E-state index in [1.165, 1.54) is 10.6 Å². The van der Waals surface area contributed by atoms with Crippen LogP contribution in [-0.2, 0) is 5.75 Å². The summed E-state index contributed by atoms with van der Waals surface area (Å²) < 4.78 is 3.18. The number of fused-ring (bicyclic) bond motifs is 3. The van der Waals surface area contributed by atoms with Crippen molar-refractivity contribution in [2.75, 3.05) is 0 Å². The third-order valence-corrected chi connectivity index (χ3v) is 5.51. The summed E-state index contributed by atoms with van der Waals surface area (Å²) in [4.78, 5) is 6.08. The Morgan fingerprint density at radius 3 is 2.67 bits per heavy atom. The number of thioether (sulfide) groups is 1. The Kier molecular flexibility index (Phi) is 3.32. The molecule has 104 valence electrons. The van der Waals surface area contributed by atoms with Crippen LogP contribution >= 0.6 is 39.3 Å². The van der Waals surface area contributed by atoms with Gasteiger partial charge in [0.25, 0.3) is 0 Å². The summed E-state index contributed by atoms with van der Waals surface area (Å²) in [7, 11) is 0. The minimum absolute atomic E-state index is 0.736. The van der Waals surface area contributed by atoms with Crippen LogP contribution in [0.4, 0.5) is 0 Å². The molecule has 1 aromatic heterocycles. The summed E-state index contributed by atoms with van der Waals surface area (Å²) in [5.41, 5.74) is 3.21. The fraction of sp³-hybridized carbons (Fsp3) is 0.0625. The number of imidazole rings is 1. The first kappa shape index (κ1) is 13.4. The van der Waals surface area contributed by atoms with Crippen molar-refractivity contribution in [2.45, 2.75) is 10.6 Å². The van der Waals surface area contributed by atoms with Crippen molar-refractivity contribution in [3.8, 4) is 16.9 Å². The van der Waals surface area contributed by atoms with Gasteiger partial charge in [-0.15, -0.1) is 11.8 Å². The van der Waals surface area contributed by atoms with Crippen molar-refractivity contribution in [3.05, 3.63) is 64.0 Å². The number of aromatic nitrogens is 2. The quantitative estimate of drug-likeness (QED) is 0.552. The topological polar surface area (TPSA) is 17.8 Å². The highest BCUT2D eigenvalue weighted by Crippen LogP contribution is 2.40. The van der Waals surface area contributed by atoms with Gasteiger partial charge in [0.15, 0.2) is 0 Å². The average molecular weight is 378 g/mol. The first-order valence-electron chi connectivity index (χ1n) is 6.49. The number of rotatable bonds is 1. The van der Waals surface area contributed by atoms with E-state index in [1.807, 2.05) is 36.0 Å². The van der Waals surface area contributed by atoms with E-state index in [9.17, 15) is 0 Å². The molecule has 0 saturated heterocycles. The van der Waals surface area contributed by atoms with Gasteiger partial charge in [-0.25, -0.2) is 4.98 Å². The van der Waals surface area contributed by atoms with Crippen LogP contribution in [0.2, 0.25) is 5.02 Å². The van der Waals surface area contributed by atoms with E-state index in [2.05, 4.69) is 44.8 Å². The van der Waals surface area contributed by atoms with Gasteiger partial charge in [0.1, 0.15) is 16.1 Å². The standard InChI is InChI=1S/C16H10BrClN2S/c17-16-15(10-5-7-11(18)8-6-10)19-14-9-21-13-4-2-1-3-12(13)20(14)16/h1-8H,9H2. The van der Waals surface area contributed by atoms with Crippen LogP contribution in [0.25, 0.3) is 16.9 Å². The van der Waals surface area contributed by atoms with E-state index >= 15 is 0 Å². The summed E-state index contributed by atoms with van der Waals surface area (Å²) >= 11 is 11.5. The van der Waals surface area contributed by atoms with Crippen molar-refractivity contribution >= 4 is 39.3 Å². The van der Waals surface area contributed by atoms with Crippen LogP contribution in [0.1, 0.15) is 5.82 Å². The summed E-state index contributed by atoms with van der Waals surface area (Å²) in [6.45, 7) is 0. The van der Waals surface area contributed by atoms with Crippen LogP contribution in [0.15, 0.2) is 58.0 Å². The number of benzene rings is 2. The second-order valence-corrected chi connectivity index (χ2v) is 6.97. The second-order valence-electron chi connectivity index (χ2n) is 4.77. The van der Waals surface area contributed by atoms with Crippen LogP contribution in [-0.4, -0.2) is 9.55 Å². The highest BCUT2D eigenvalue weighted by atomic mass is 79.9. The molecule has 0 amide bonds. The van der Waals surface area contributed by atoms with E-state index in [-0.39, 0.29) is 0 Å². The molecule has 4 rings (SSSR count). The van der Waals surface area contributed by atoms with Gasteiger partial charge in [-0.05, 0) is 40.2 Å². The molecule has 0 bridgehead atoms. The van der Waals surface area contributed by atoms with Gasteiger partial charge < -0.3 is 0 Å². The van der Waals surface area contributed by atoms with Gasteiger partial charge in [0.05, 0.1) is 11.4 Å². The molecule has 0 saturated carbocycles. The Labute approximate surface area is 140 Å². The Morgan fingerprint density at radius 1 is 1.10 bits per heavy atom. The highest BCUT2D eigenvalue weighted by molar-refractivity contribution is 9.10. The molecule has 0 unspecified atom stereocenters. The molecule has 0 fully saturated rings. The number of nitrogens with zero attached hydrogens (tertiary/aromatic N) is 2. The minimum Gasteiger partial charge on any atom is -0.288 e. The second kappa shape index (κ2) is 5.20. The van der Waals surface area contributed by atoms with Crippen molar-refractivity contribution in [1.29, 1.82) is 0 Å². The van der Waals surface area contributed by atoms with Gasteiger partial charge in [-0.1, -0.05) is 35.9 Å². The first-order chi connectivity index (χ1) is 10.2. The predicted octanol–water partition coefficient (Wildman–Crippen LogP) is 5.56. The zero-order chi connectivity index (χ0) is 14.4. The summed E-state index contributed by atoms with van der Waals surface area (Å²) in [6.07, 6.45) is 0. The highest BCUT2D eigenvalue weighted by Gasteiger charge is 2.23. The fourth-order valence-electron chi connectivity index (χ4n) is 2.48. The maximum atomic E-state index is 5.97. The van der Waals surface area contributed by atoms with Crippen molar-refractivity contribution < 1.29 is 0 Å². The lowest BCUT2D eigenvalue weighted by Gasteiger charge is -2.18. The monoisotopic (exact) mass is 376 g/mol. The van der Waals surface area contributed by atoms with Gasteiger partial charge in [0, 0.05) is 15.5 Å². The molecule has 2 heterocycles. The lowest BCUT2D eigenvalue weighted by molar-refractivity contribution is 0.907. The maximum Gasteiger partial charge on any atom is 0.125 e. The summed E-state index contributed by atoms with van der Waals surface area (Å²) in [5, 5.41) is 0.736. The lowest BCUT2D eigenvalue weighted by Crippen LogP contribution is -2.06. The SMILES string of the molecule is Clc1ccc(-c2nc3n(c2Br)-c2ccccc2SC3)cc1.